The summed E-state index contributed by atoms with van der Waals surface area (Å²) in [5.74, 6) is 0.381. The van der Waals surface area contributed by atoms with Crippen molar-refractivity contribution >= 4 is 11.8 Å². The molecule has 1 aromatic carbocycles. The number of hydrogen-bond donors (Lipinski definition) is 3. The van der Waals surface area contributed by atoms with E-state index in [0.717, 1.165) is 50.6 Å². The predicted molar refractivity (Wildman–Crippen MR) is 105 cm³/mol. The third-order valence-corrected chi connectivity index (χ3v) is 5.74. The number of anilines is 1. The van der Waals surface area contributed by atoms with E-state index in [0.29, 0.717) is 18.5 Å². The second-order valence-corrected chi connectivity index (χ2v) is 8.01. The first kappa shape index (κ1) is 19.1. The van der Waals surface area contributed by atoms with Gasteiger partial charge in [0.15, 0.2) is 6.54 Å². The molecule has 2 aliphatic heterocycles. The van der Waals surface area contributed by atoms with Crippen molar-refractivity contribution in [1.82, 2.24) is 5.16 Å². The molecule has 0 spiro atoms. The van der Waals surface area contributed by atoms with Crippen LogP contribution in [0.5, 0.6) is 0 Å². The lowest BCUT2D eigenvalue weighted by atomic mass is 10.1. The lowest BCUT2D eigenvalue weighted by Crippen LogP contribution is -3.28. The molecule has 4 rings (SSSR count). The van der Waals surface area contributed by atoms with E-state index in [1.807, 2.05) is 31.2 Å². The molecule has 7 heteroatoms. The standard InChI is InChI=1S/C21H28N4O3/c1-16-4-6-17(7-5-16)19-13-21(28-23-19)22-20(26)15-25-10-8-24(9-11-25)14-18-3-2-12-27-18/h4-7,13,18H,2-3,8-12,14-15H2,1H3,(H,22,26)/p+2/t18-/m0/s1. The summed E-state index contributed by atoms with van der Waals surface area (Å²) in [7, 11) is 0. The smallest absolute Gasteiger partial charge is 0.281 e. The second kappa shape index (κ2) is 8.86. The van der Waals surface area contributed by atoms with Crippen molar-refractivity contribution in [3.63, 3.8) is 0 Å². The molecule has 0 saturated carbocycles. The molecule has 1 amide bonds. The van der Waals surface area contributed by atoms with Crippen LogP contribution in [-0.2, 0) is 9.53 Å². The summed E-state index contributed by atoms with van der Waals surface area (Å²) < 4.78 is 11.0. The summed E-state index contributed by atoms with van der Waals surface area (Å²) in [5, 5.41) is 6.91. The van der Waals surface area contributed by atoms with Crippen molar-refractivity contribution < 1.29 is 23.9 Å². The van der Waals surface area contributed by atoms with Gasteiger partial charge >= 0.3 is 0 Å². The fraction of sp³-hybridized carbons (Fsp3) is 0.524. The first-order valence-corrected chi connectivity index (χ1v) is 10.3. The minimum Gasteiger partial charge on any atom is -0.372 e. The van der Waals surface area contributed by atoms with Crippen LogP contribution in [0.15, 0.2) is 34.9 Å². The molecule has 2 saturated heterocycles. The van der Waals surface area contributed by atoms with Gasteiger partial charge < -0.3 is 19.1 Å². The van der Waals surface area contributed by atoms with Gasteiger partial charge in [-0.15, -0.1) is 0 Å². The topological polar surface area (TPSA) is 73.2 Å². The van der Waals surface area contributed by atoms with Gasteiger partial charge in [-0.1, -0.05) is 35.0 Å². The third kappa shape index (κ3) is 4.98. The van der Waals surface area contributed by atoms with Gasteiger partial charge in [0.05, 0.1) is 0 Å². The van der Waals surface area contributed by atoms with Crippen molar-refractivity contribution in [3.8, 4) is 11.3 Å². The Morgan fingerprint density at radius 2 is 1.93 bits per heavy atom. The first-order chi connectivity index (χ1) is 13.7. The zero-order valence-corrected chi connectivity index (χ0v) is 16.5. The summed E-state index contributed by atoms with van der Waals surface area (Å²) in [6.45, 7) is 8.77. The summed E-state index contributed by atoms with van der Waals surface area (Å²) in [4.78, 5) is 15.3. The molecule has 150 valence electrons. The molecule has 2 fully saturated rings. The zero-order chi connectivity index (χ0) is 19.3. The zero-order valence-electron chi connectivity index (χ0n) is 16.5. The largest absolute Gasteiger partial charge is 0.372 e. The molecule has 7 nitrogen and oxygen atoms in total. The van der Waals surface area contributed by atoms with Crippen LogP contribution in [-0.4, -0.2) is 63.0 Å². The van der Waals surface area contributed by atoms with Crippen molar-refractivity contribution in [2.24, 2.45) is 0 Å². The van der Waals surface area contributed by atoms with Crippen molar-refractivity contribution in [2.75, 3.05) is 51.2 Å². The maximum absolute atomic E-state index is 12.4. The molecule has 0 unspecified atom stereocenters. The maximum atomic E-state index is 12.4. The molecule has 2 aliphatic rings. The highest BCUT2D eigenvalue weighted by Crippen LogP contribution is 2.21. The Morgan fingerprint density at radius 3 is 2.64 bits per heavy atom. The predicted octanol–water partition coefficient (Wildman–Crippen LogP) is -0.449. The Kier molecular flexibility index (Phi) is 6.04. The lowest BCUT2D eigenvalue weighted by Gasteiger charge is -2.30. The van der Waals surface area contributed by atoms with Crippen LogP contribution in [0.1, 0.15) is 18.4 Å². The number of carbonyl (C=O) groups is 1. The van der Waals surface area contributed by atoms with Gasteiger partial charge in [0, 0.05) is 18.2 Å². The van der Waals surface area contributed by atoms with E-state index in [-0.39, 0.29) is 5.91 Å². The number of ether oxygens (including phenoxy) is 1. The molecule has 1 aromatic heterocycles. The highest BCUT2D eigenvalue weighted by molar-refractivity contribution is 5.90. The van der Waals surface area contributed by atoms with Crippen LogP contribution in [0.4, 0.5) is 5.88 Å². The molecule has 3 N–H and O–H groups in total. The van der Waals surface area contributed by atoms with Crippen molar-refractivity contribution in [1.29, 1.82) is 0 Å². The molecule has 3 heterocycles. The summed E-state index contributed by atoms with van der Waals surface area (Å²) in [6.07, 6.45) is 2.83. The molecular weight excluding hydrogens is 356 g/mol. The van der Waals surface area contributed by atoms with Crippen LogP contribution in [0.2, 0.25) is 0 Å². The van der Waals surface area contributed by atoms with Crippen LogP contribution in [0.25, 0.3) is 11.3 Å². The van der Waals surface area contributed by atoms with E-state index in [1.54, 1.807) is 11.0 Å². The van der Waals surface area contributed by atoms with E-state index in [4.69, 9.17) is 9.26 Å². The van der Waals surface area contributed by atoms with Gasteiger partial charge in [0.2, 0.25) is 5.88 Å². The number of quaternary nitrogens is 2. The Hall–Kier alpha value is -2.22. The molecule has 1 atom stereocenters. The van der Waals surface area contributed by atoms with E-state index in [2.05, 4.69) is 10.5 Å². The average molecular weight is 386 g/mol. The molecule has 2 aromatic rings. The summed E-state index contributed by atoms with van der Waals surface area (Å²) >= 11 is 0. The normalized spacial score (nSPS) is 25.0. The number of hydrogen-bond acceptors (Lipinski definition) is 4. The number of amides is 1. The van der Waals surface area contributed by atoms with Gasteiger partial charge in [-0.3, -0.25) is 10.1 Å². The number of nitrogens with zero attached hydrogens (tertiary/aromatic N) is 1. The minimum absolute atomic E-state index is 0.0239. The fourth-order valence-corrected chi connectivity index (χ4v) is 4.07. The summed E-state index contributed by atoms with van der Waals surface area (Å²) in [5.41, 5.74) is 2.90. The average Bonchev–Trinajstić information content (AvgIpc) is 3.36. The molecule has 0 aliphatic carbocycles. The second-order valence-electron chi connectivity index (χ2n) is 8.01. The maximum Gasteiger partial charge on any atom is 0.281 e. The van der Waals surface area contributed by atoms with E-state index in [1.165, 1.54) is 23.3 Å². The minimum atomic E-state index is -0.0239. The Labute approximate surface area is 165 Å². The quantitative estimate of drug-likeness (QED) is 0.629. The monoisotopic (exact) mass is 386 g/mol. The molecule has 0 radical (unpaired) electrons. The van der Waals surface area contributed by atoms with Crippen LogP contribution < -0.4 is 15.1 Å². The van der Waals surface area contributed by atoms with Gasteiger partial charge in [0.1, 0.15) is 44.5 Å². The first-order valence-electron chi connectivity index (χ1n) is 10.3. The Bertz CT molecular complexity index is 775. The number of carbonyl (C=O) groups excluding carboxylic acids is 1. The van der Waals surface area contributed by atoms with Gasteiger partial charge in [-0.2, -0.15) is 0 Å². The van der Waals surface area contributed by atoms with Gasteiger partial charge in [0.25, 0.3) is 5.91 Å². The highest BCUT2D eigenvalue weighted by Gasteiger charge is 2.28. The number of benzene rings is 1. The van der Waals surface area contributed by atoms with Crippen LogP contribution in [0, 0.1) is 6.92 Å². The summed E-state index contributed by atoms with van der Waals surface area (Å²) in [6, 6.07) is 9.85. The van der Waals surface area contributed by atoms with Crippen LogP contribution in [0.3, 0.4) is 0 Å². The molecule has 28 heavy (non-hydrogen) atoms. The molecular formula is C21H30N4O3+2. The van der Waals surface area contributed by atoms with E-state index < -0.39 is 0 Å². The van der Waals surface area contributed by atoms with E-state index in [9.17, 15) is 4.79 Å². The third-order valence-electron chi connectivity index (χ3n) is 5.74. The van der Waals surface area contributed by atoms with Crippen molar-refractivity contribution in [2.45, 2.75) is 25.9 Å². The number of nitrogens with one attached hydrogen (secondary N) is 3. The van der Waals surface area contributed by atoms with Gasteiger partial charge in [-0.05, 0) is 19.8 Å². The SMILES string of the molecule is Cc1ccc(-c2cc(NC(=O)C[NH+]3CC[NH+](C[C@@H]4CCCO4)CC3)on2)cc1. The Morgan fingerprint density at radius 1 is 1.18 bits per heavy atom. The van der Waals surface area contributed by atoms with E-state index >= 15 is 0 Å². The highest BCUT2D eigenvalue weighted by atomic mass is 16.5. The number of rotatable bonds is 6. The number of aromatic nitrogens is 1. The van der Waals surface area contributed by atoms with Gasteiger partial charge in [-0.25, -0.2) is 0 Å². The van der Waals surface area contributed by atoms with Crippen LogP contribution >= 0.6 is 0 Å². The Balaban J connectivity index is 1.22. The number of aryl methyl sites for hydroxylation is 1. The molecule has 0 bridgehead atoms. The fourth-order valence-electron chi connectivity index (χ4n) is 4.07. The lowest BCUT2D eigenvalue weighted by molar-refractivity contribution is -1.01. The van der Waals surface area contributed by atoms with Crippen molar-refractivity contribution in [3.05, 3.63) is 35.9 Å². The number of piperazine rings is 1.